The normalized spacial score (nSPS) is 10.7. The third kappa shape index (κ3) is 4.83. The summed E-state index contributed by atoms with van der Waals surface area (Å²) < 4.78 is 3.75. The number of halogens is 1. The zero-order valence-electron chi connectivity index (χ0n) is 14.8. The largest absolute Gasteiger partial charge is 0.346 e. The maximum absolute atomic E-state index is 6.03. The van der Waals surface area contributed by atoms with Crippen LogP contribution in [0.4, 0.5) is 5.69 Å². The molecule has 26 heavy (non-hydrogen) atoms. The van der Waals surface area contributed by atoms with Gasteiger partial charge in [0.25, 0.3) is 0 Å². The molecule has 0 aliphatic carbocycles. The van der Waals surface area contributed by atoms with Crippen molar-refractivity contribution in [1.82, 2.24) is 24.5 Å². The van der Waals surface area contributed by atoms with Gasteiger partial charge in [0.05, 0.1) is 30.7 Å². The molecule has 0 fully saturated rings. The van der Waals surface area contributed by atoms with Crippen LogP contribution in [0.5, 0.6) is 0 Å². The van der Waals surface area contributed by atoms with Crippen molar-refractivity contribution in [3.05, 3.63) is 65.2 Å². The van der Waals surface area contributed by atoms with E-state index in [-0.39, 0.29) is 0 Å². The number of hydrogen-bond donors (Lipinski definition) is 1. The lowest BCUT2D eigenvalue weighted by molar-refractivity contribution is 0.492. The lowest BCUT2D eigenvalue weighted by Crippen LogP contribution is -2.30. The Hall–Kier alpha value is -2.38. The summed E-state index contributed by atoms with van der Waals surface area (Å²) in [6, 6.07) is 9.76. The molecular weight excluding hydrogens is 368 g/mol. The van der Waals surface area contributed by atoms with Crippen LogP contribution in [0.15, 0.2) is 48.9 Å². The molecule has 1 aromatic carbocycles. The van der Waals surface area contributed by atoms with Gasteiger partial charge in [-0.3, -0.25) is 9.36 Å². The first-order chi connectivity index (χ1) is 12.5. The molecule has 0 saturated carbocycles. The highest BCUT2D eigenvalue weighted by Crippen LogP contribution is 2.13. The summed E-state index contributed by atoms with van der Waals surface area (Å²) in [4.78, 5) is 1.95. The van der Waals surface area contributed by atoms with Crippen LogP contribution in [0.1, 0.15) is 18.2 Å². The molecule has 0 aliphatic rings. The summed E-state index contributed by atoms with van der Waals surface area (Å²) in [5.41, 5.74) is 2.93. The maximum atomic E-state index is 6.03. The second kappa shape index (κ2) is 8.33. The number of thiocarbonyl (C=S) groups is 1. The van der Waals surface area contributed by atoms with E-state index in [1.807, 2.05) is 64.0 Å². The molecule has 136 valence electrons. The number of aryl methyl sites for hydroxylation is 1. The molecule has 6 nitrogen and oxygen atoms in total. The topological polar surface area (TPSA) is 50.9 Å². The van der Waals surface area contributed by atoms with Crippen molar-refractivity contribution in [1.29, 1.82) is 0 Å². The minimum Gasteiger partial charge on any atom is -0.346 e. The number of nitrogens with zero attached hydrogens (tertiary/aromatic N) is 5. The third-order valence-electron chi connectivity index (χ3n) is 3.88. The van der Waals surface area contributed by atoms with Crippen LogP contribution in [0.2, 0.25) is 5.02 Å². The highest BCUT2D eigenvalue weighted by Gasteiger charge is 2.09. The Bertz CT molecular complexity index is 887. The van der Waals surface area contributed by atoms with Crippen LogP contribution in [0.3, 0.4) is 0 Å². The minimum atomic E-state index is 0.623. The fourth-order valence-corrected chi connectivity index (χ4v) is 2.93. The summed E-state index contributed by atoms with van der Waals surface area (Å²) >= 11 is 11.5. The second-order valence-corrected chi connectivity index (χ2v) is 6.83. The SMILES string of the molecule is CCn1ccc(CN(C)C(=S)Nc2cnn(Cc3cccc(Cl)c3)c2)n1. The Balaban J connectivity index is 1.56. The molecule has 0 bridgehead atoms. The van der Waals surface area contributed by atoms with Crippen LogP contribution in [0, 0.1) is 0 Å². The number of benzene rings is 1. The van der Waals surface area contributed by atoms with Crippen molar-refractivity contribution in [3.63, 3.8) is 0 Å². The molecule has 3 rings (SSSR count). The van der Waals surface area contributed by atoms with E-state index in [2.05, 4.69) is 22.4 Å². The van der Waals surface area contributed by atoms with E-state index in [1.54, 1.807) is 6.20 Å². The molecule has 0 saturated heterocycles. The number of hydrogen-bond acceptors (Lipinski definition) is 3. The van der Waals surface area contributed by atoms with Crippen molar-refractivity contribution in [2.75, 3.05) is 12.4 Å². The molecule has 0 unspecified atom stereocenters. The average molecular weight is 389 g/mol. The summed E-state index contributed by atoms with van der Waals surface area (Å²) in [5.74, 6) is 0. The lowest BCUT2D eigenvalue weighted by Gasteiger charge is -2.19. The van der Waals surface area contributed by atoms with Crippen molar-refractivity contribution in [3.8, 4) is 0 Å². The van der Waals surface area contributed by atoms with Gasteiger partial charge < -0.3 is 10.2 Å². The number of rotatable bonds is 6. The molecule has 8 heteroatoms. The van der Waals surface area contributed by atoms with E-state index in [1.165, 1.54) is 0 Å². The molecule has 1 N–H and O–H groups in total. The molecule has 2 aromatic heterocycles. The molecule has 0 atom stereocenters. The zero-order chi connectivity index (χ0) is 18.5. The van der Waals surface area contributed by atoms with Gasteiger partial charge in [-0.15, -0.1) is 0 Å². The number of anilines is 1. The quantitative estimate of drug-likeness (QED) is 0.653. The molecule has 3 aromatic rings. The molecule has 0 spiro atoms. The molecule has 0 radical (unpaired) electrons. The fraction of sp³-hybridized carbons (Fsp3) is 0.278. The molecule has 0 amide bonds. The van der Waals surface area contributed by atoms with Crippen molar-refractivity contribution >= 4 is 34.6 Å². The van der Waals surface area contributed by atoms with Gasteiger partial charge in [-0.2, -0.15) is 10.2 Å². The zero-order valence-corrected chi connectivity index (χ0v) is 16.3. The smallest absolute Gasteiger partial charge is 0.173 e. The second-order valence-electron chi connectivity index (χ2n) is 6.01. The van der Waals surface area contributed by atoms with E-state index in [0.29, 0.717) is 18.2 Å². The highest BCUT2D eigenvalue weighted by molar-refractivity contribution is 7.80. The average Bonchev–Trinajstić information content (AvgIpc) is 3.24. The molecular formula is C18H21ClN6S. The summed E-state index contributed by atoms with van der Waals surface area (Å²) in [7, 11) is 1.94. The van der Waals surface area contributed by atoms with E-state index in [0.717, 1.165) is 28.5 Å². The standard InChI is InChI=1S/C18H21ClN6S/c1-3-24-8-7-16(22-24)12-23(2)18(26)21-17-10-20-25(13-17)11-14-5-4-6-15(19)9-14/h4-10,13H,3,11-12H2,1-2H3,(H,21,26). The van der Waals surface area contributed by atoms with Gasteiger partial charge >= 0.3 is 0 Å². The van der Waals surface area contributed by atoms with Crippen LogP contribution in [-0.4, -0.2) is 36.6 Å². The van der Waals surface area contributed by atoms with E-state index in [9.17, 15) is 0 Å². The van der Waals surface area contributed by atoms with Gasteiger partial charge in [-0.1, -0.05) is 23.7 Å². The predicted octanol–water partition coefficient (Wildman–Crippen LogP) is 3.63. The van der Waals surface area contributed by atoms with Crippen molar-refractivity contribution < 1.29 is 0 Å². The van der Waals surface area contributed by atoms with E-state index in [4.69, 9.17) is 23.8 Å². The predicted molar refractivity (Wildman–Crippen MR) is 108 cm³/mol. The fourth-order valence-electron chi connectivity index (χ4n) is 2.53. The van der Waals surface area contributed by atoms with Gasteiger partial charge in [-0.25, -0.2) is 0 Å². The number of nitrogens with one attached hydrogen (secondary N) is 1. The van der Waals surface area contributed by atoms with Crippen LogP contribution >= 0.6 is 23.8 Å². The minimum absolute atomic E-state index is 0.623. The summed E-state index contributed by atoms with van der Waals surface area (Å²) in [6.45, 7) is 4.22. The molecule has 0 aliphatic heterocycles. The summed E-state index contributed by atoms with van der Waals surface area (Å²) in [6.07, 6.45) is 5.66. The van der Waals surface area contributed by atoms with Gasteiger partial charge in [0.2, 0.25) is 0 Å². The Morgan fingerprint density at radius 3 is 2.88 bits per heavy atom. The van der Waals surface area contributed by atoms with Crippen molar-refractivity contribution in [2.24, 2.45) is 0 Å². The van der Waals surface area contributed by atoms with Gasteiger partial charge in [0, 0.05) is 31.0 Å². The van der Waals surface area contributed by atoms with E-state index >= 15 is 0 Å². The monoisotopic (exact) mass is 388 g/mol. The Morgan fingerprint density at radius 2 is 2.15 bits per heavy atom. The first-order valence-corrected chi connectivity index (χ1v) is 9.13. The Kier molecular flexibility index (Phi) is 5.90. The van der Waals surface area contributed by atoms with Crippen LogP contribution < -0.4 is 5.32 Å². The van der Waals surface area contributed by atoms with E-state index < -0.39 is 0 Å². The van der Waals surface area contributed by atoms with Crippen molar-refractivity contribution in [2.45, 2.75) is 26.6 Å². The summed E-state index contributed by atoms with van der Waals surface area (Å²) in [5, 5.41) is 13.4. The van der Waals surface area contributed by atoms with Gasteiger partial charge in [0.15, 0.2) is 5.11 Å². The molecule has 2 heterocycles. The first kappa shape index (κ1) is 18.4. The van der Waals surface area contributed by atoms with Crippen LogP contribution in [-0.2, 0) is 19.6 Å². The Morgan fingerprint density at radius 1 is 1.31 bits per heavy atom. The van der Waals surface area contributed by atoms with Gasteiger partial charge in [0.1, 0.15) is 0 Å². The third-order valence-corrected chi connectivity index (χ3v) is 4.53. The maximum Gasteiger partial charge on any atom is 0.173 e. The van der Waals surface area contributed by atoms with Crippen LogP contribution in [0.25, 0.3) is 0 Å². The lowest BCUT2D eigenvalue weighted by atomic mass is 10.2. The highest BCUT2D eigenvalue weighted by atomic mass is 35.5. The number of aromatic nitrogens is 4. The Labute approximate surface area is 163 Å². The first-order valence-electron chi connectivity index (χ1n) is 8.35. The van der Waals surface area contributed by atoms with Gasteiger partial charge in [-0.05, 0) is 42.9 Å².